The fraction of sp³-hybridized carbons (Fsp3) is 0.500. The molecule has 2 rings (SSSR count). The van der Waals surface area contributed by atoms with Crippen LogP contribution in [0.4, 0.5) is 0 Å². The van der Waals surface area contributed by atoms with Gasteiger partial charge in [-0.2, -0.15) is 0 Å². The van der Waals surface area contributed by atoms with Gasteiger partial charge in [0.15, 0.2) is 0 Å². The minimum Gasteiger partial charge on any atom is -0.496 e. The number of hydrogen-bond donors (Lipinski definition) is 1. The first-order valence-corrected chi connectivity index (χ1v) is 6.76. The van der Waals surface area contributed by atoms with E-state index in [-0.39, 0.29) is 0 Å². The van der Waals surface area contributed by atoms with Gasteiger partial charge in [0.05, 0.1) is 7.11 Å². The molecule has 2 heteroatoms. The highest BCUT2D eigenvalue weighted by Crippen LogP contribution is 2.27. The molecule has 2 atom stereocenters. The van der Waals surface area contributed by atoms with Crippen LogP contribution in [0.15, 0.2) is 30.4 Å². The van der Waals surface area contributed by atoms with Gasteiger partial charge in [-0.15, -0.1) is 0 Å². The highest BCUT2D eigenvalue weighted by molar-refractivity contribution is 5.38. The average molecular weight is 245 g/mol. The largest absolute Gasteiger partial charge is 0.496 e. The Labute approximate surface area is 110 Å². The van der Waals surface area contributed by atoms with E-state index in [2.05, 4.69) is 49.5 Å². The summed E-state index contributed by atoms with van der Waals surface area (Å²) in [5, 5.41) is 3.71. The highest BCUT2D eigenvalue weighted by Gasteiger charge is 2.16. The second kappa shape index (κ2) is 6.05. The van der Waals surface area contributed by atoms with Crippen molar-refractivity contribution in [2.24, 2.45) is 0 Å². The molecule has 1 N–H and O–H groups in total. The van der Waals surface area contributed by atoms with E-state index in [1.807, 2.05) is 0 Å². The van der Waals surface area contributed by atoms with Crippen LogP contribution in [0.1, 0.15) is 43.4 Å². The summed E-state index contributed by atoms with van der Waals surface area (Å²) in [5.74, 6) is 0.979. The topological polar surface area (TPSA) is 21.3 Å². The highest BCUT2D eigenvalue weighted by atomic mass is 16.5. The number of allylic oxidation sites excluding steroid dienone is 1. The van der Waals surface area contributed by atoms with Crippen molar-refractivity contribution in [2.75, 3.05) is 7.11 Å². The van der Waals surface area contributed by atoms with Gasteiger partial charge in [0.25, 0.3) is 0 Å². The molecular weight excluding hydrogens is 222 g/mol. The van der Waals surface area contributed by atoms with E-state index < -0.39 is 0 Å². The third-order valence-electron chi connectivity index (χ3n) is 3.61. The lowest BCUT2D eigenvalue weighted by atomic mass is 9.98. The molecule has 0 spiro atoms. The molecule has 0 bridgehead atoms. The zero-order valence-corrected chi connectivity index (χ0v) is 11.6. The van der Waals surface area contributed by atoms with Gasteiger partial charge in [0.1, 0.15) is 5.75 Å². The number of ether oxygens (including phenoxy) is 1. The zero-order chi connectivity index (χ0) is 13.0. The molecule has 1 aromatic rings. The van der Waals surface area contributed by atoms with Crippen molar-refractivity contribution >= 4 is 0 Å². The number of aryl methyl sites for hydroxylation is 1. The van der Waals surface area contributed by atoms with Gasteiger partial charge < -0.3 is 10.1 Å². The molecular formula is C16H23NO. The molecule has 1 aliphatic rings. The van der Waals surface area contributed by atoms with E-state index in [9.17, 15) is 0 Å². The molecule has 98 valence electrons. The van der Waals surface area contributed by atoms with Crippen molar-refractivity contribution in [2.45, 2.75) is 45.2 Å². The molecule has 0 saturated heterocycles. The third kappa shape index (κ3) is 3.14. The summed E-state index contributed by atoms with van der Waals surface area (Å²) in [4.78, 5) is 0. The lowest BCUT2D eigenvalue weighted by molar-refractivity contribution is 0.385. The Balaban J connectivity index is 2.09. The smallest absolute Gasteiger partial charge is 0.123 e. The van der Waals surface area contributed by atoms with Crippen LogP contribution < -0.4 is 10.1 Å². The number of nitrogens with one attached hydrogen (secondary N) is 1. The monoisotopic (exact) mass is 245 g/mol. The van der Waals surface area contributed by atoms with Gasteiger partial charge >= 0.3 is 0 Å². The first-order chi connectivity index (χ1) is 8.70. The first kappa shape index (κ1) is 13.2. The number of hydrogen-bond acceptors (Lipinski definition) is 2. The average Bonchev–Trinajstić information content (AvgIpc) is 2.40. The summed E-state index contributed by atoms with van der Waals surface area (Å²) in [7, 11) is 1.74. The van der Waals surface area contributed by atoms with E-state index in [1.165, 1.54) is 24.0 Å². The zero-order valence-electron chi connectivity index (χ0n) is 11.6. The van der Waals surface area contributed by atoms with Crippen LogP contribution in [-0.4, -0.2) is 13.2 Å². The van der Waals surface area contributed by atoms with Crippen molar-refractivity contribution in [1.82, 2.24) is 5.32 Å². The van der Waals surface area contributed by atoms with Gasteiger partial charge in [-0.1, -0.05) is 29.8 Å². The van der Waals surface area contributed by atoms with Gasteiger partial charge in [-0.25, -0.2) is 0 Å². The maximum Gasteiger partial charge on any atom is 0.123 e. The number of benzene rings is 1. The molecule has 0 aliphatic heterocycles. The molecule has 0 amide bonds. The normalized spacial score (nSPS) is 20.7. The van der Waals surface area contributed by atoms with Crippen LogP contribution >= 0.6 is 0 Å². The van der Waals surface area contributed by atoms with Crippen LogP contribution in [0.3, 0.4) is 0 Å². The van der Waals surface area contributed by atoms with Crippen molar-refractivity contribution in [3.63, 3.8) is 0 Å². The fourth-order valence-electron chi connectivity index (χ4n) is 2.58. The maximum absolute atomic E-state index is 5.46. The molecule has 2 unspecified atom stereocenters. The molecule has 0 saturated carbocycles. The van der Waals surface area contributed by atoms with Crippen LogP contribution in [0.25, 0.3) is 0 Å². The predicted molar refractivity (Wildman–Crippen MR) is 76.1 cm³/mol. The minimum absolute atomic E-state index is 0.330. The molecule has 1 aliphatic carbocycles. The molecule has 1 aromatic carbocycles. The van der Waals surface area contributed by atoms with Crippen molar-refractivity contribution < 1.29 is 4.74 Å². The summed E-state index contributed by atoms with van der Waals surface area (Å²) in [6.45, 7) is 4.34. The summed E-state index contributed by atoms with van der Waals surface area (Å²) < 4.78 is 5.46. The lowest BCUT2D eigenvalue weighted by Crippen LogP contribution is -2.32. The predicted octanol–water partition coefficient (Wildman–Crippen LogP) is 3.76. The van der Waals surface area contributed by atoms with Gasteiger partial charge in [0, 0.05) is 17.6 Å². The Morgan fingerprint density at radius 1 is 1.33 bits per heavy atom. The second-order valence-electron chi connectivity index (χ2n) is 5.12. The Morgan fingerprint density at radius 2 is 2.17 bits per heavy atom. The number of rotatable bonds is 4. The van der Waals surface area contributed by atoms with Crippen LogP contribution in [-0.2, 0) is 0 Å². The van der Waals surface area contributed by atoms with Crippen LogP contribution in [0, 0.1) is 6.92 Å². The van der Waals surface area contributed by atoms with Crippen LogP contribution in [0.2, 0.25) is 0 Å². The Kier molecular flexibility index (Phi) is 4.43. The molecule has 0 fully saturated rings. The standard InChI is InChI=1S/C16H23NO/c1-12-9-10-16(18-3)15(11-12)13(2)17-14-7-5-4-6-8-14/h4-5,9-11,13-14,17H,6-8H2,1-3H3. The van der Waals surface area contributed by atoms with Crippen LogP contribution in [0.5, 0.6) is 5.75 Å². The van der Waals surface area contributed by atoms with Crippen molar-refractivity contribution in [1.29, 1.82) is 0 Å². The molecule has 2 nitrogen and oxygen atoms in total. The Morgan fingerprint density at radius 3 is 2.83 bits per heavy atom. The lowest BCUT2D eigenvalue weighted by Gasteiger charge is -2.25. The summed E-state index contributed by atoms with van der Waals surface area (Å²) in [6.07, 6.45) is 8.11. The molecule has 18 heavy (non-hydrogen) atoms. The third-order valence-corrected chi connectivity index (χ3v) is 3.61. The van der Waals surface area contributed by atoms with E-state index in [0.29, 0.717) is 12.1 Å². The van der Waals surface area contributed by atoms with Crippen molar-refractivity contribution in [3.8, 4) is 5.75 Å². The quantitative estimate of drug-likeness (QED) is 0.815. The van der Waals surface area contributed by atoms with Gasteiger partial charge in [-0.3, -0.25) is 0 Å². The minimum atomic E-state index is 0.330. The van der Waals surface area contributed by atoms with E-state index in [0.717, 1.165) is 12.2 Å². The van der Waals surface area contributed by atoms with E-state index in [4.69, 9.17) is 4.74 Å². The van der Waals surface area contributed by atoms with Gasteiger partial charge in [-0.05, 0) is 39.2 Å². The summed E-state index contributed by atoms with van der Waals surface area (Å²) >= 11 is 0. The SMILES string of the molecule is COc1ccc(C)cc1C(C)NC1CC=CCC1. The summed E-state index contributed by atoms with van der Waals surface area (Å²) in [5.41, 5.74) is 2.54. The Hall–Kier alpha value is -1.28. The fourth-order valence-corrected chi connectivity index (χ4v) is 2.58. The maximum atomic E-state index is 5.46. The first-order valence-electron chi connectivity index (χ1n) is 6.76. The second-order valence-corrected chi connectivity index (χ2v) is 5.12. The Bertz CT molecular complexity index is 425. The molecule has 0 radical (unpaired) electrons. The van der Waals surface area contributed by atoms with E-state index in [1.54, 1.807) is 7.11 Å². The van der Waals surface area contributed by atoms with E-state index >= 15 is 0 Å². The van der Waals surface area contributed by atoms with Crippen molar-refractivity contribution in [3.05, 3.63) is 41.5 Å². The molecule has 0 heterocycles. The molecule has 0 aromatic heterocycles. The summed E-state index contributed by atoms with van der Waals surface area (Å²) in [6, 6.07) is 7.29. The number of methoxy groups -OCH3 is 1. The van der Waals surface area contributed by atoms with Gasteiger partial charge in [0.2, 0.25) is 0 Å².